The van der Waals surface area contributed by atoms with E-state index in [-0.39, 0.29) is 10.5 Å². The van der Waals surface area contributed by atoms with Gasteiger partial charge < -0.3 is 9.90 Å². The van der Waals surface area contributed by atoms with E-state index in [4.69, 9.17) is 11.6 Å². The van der Waals surface area contributed by atoms with Crippen LogP contribution in [0.5, 0.6) is 0 Å². The maximum absolute atomic E-state index is 12.7. The van der Waals surface area contributed by atoms with E-state index in [0.29, 0.717) is 14.8 Å². The summed E-state index contributed by atoms with van der Waals surface area (Å²) in [5.41, 5.74) is -0.678. The van der Waals surface area contributed by atoms with Crippen LogP contribution < -0.4 is 9.83 Å². The predicted molar refractivity (Wildman–Crippen MR) is 96.4 cm³/mol. The molecule has 0 radical (unpaired) electrons. The average Bonchev–Trinajstić information content (AvgIpc) is 2.44. The second kappa shape index (κ2) is 7.37. The number of carboxylic acids is 1. The standard InChI is InChI=1S/C17H18ClNO4S2/c1-17(2,3)19-25(22,23)15-9-8-11(18)10-14(15)24-13-7-5-4-6-12(13)16(20)21/h4-10,19H,1-3H3,(H,20,21)/p-1. The molecule has 8 heteroatoms. The van der Waals surface area contributed by atoms with Gasteiger partial charge >= 0.3 is 0 Å². The molecule has 0 unspecified atom stereocenters. The van der Waals surface area contributed by atoms with Crippen molar-refractivity contribution in [3.8, 4) is 0 Å². The molecule has 2 rings (SSSR count). The zero-order valence-electron chi connectivity index (χ0n) is 13.9. The van der Waals surface area contributed by atoms with Gasteiger partial charge in [0.1, 0.15) is 0 Å². The highest BCUT2D eigenvalue weighted by Gasteiger charge is 2.25. The molecular weight excluding hydrogens is 382 g/mol. The summed E-state index contributed by atoms with van der Waals surface area (Å²) in [7, 11) is -3.81. The molecule has 0 bridgehead atoms. The normalized spacial score (nSPS) is 12.2. The Balaban J connectivity index is 2.53. The number of carbonyl (C=O) groups is 1. The lowest BCUT2D eigenvalue weighted by Gasteiger charge is -2.21. The second-order valence-electron chi connectivity index (χ2n) is 6.33. The molecule has 25 heavy (non-hydrogen) atoms. The highest BCUT2D eigenvalue weighted by molar-refractivity contribution is 8.00. The fourth-order valence-corrected chi connectivity index (χ4v) is 5.26. The van der Waals surface area contributed by atoms with Crippen molar-refractivity contribution < 1.29 is 18.3 Å². The van der Waals surface area contributed by atoms with E-state index < -0.39 is 21.5 Å². The van der Waals surface area contributed by atoms with Crippen LogP contribution in [0.3, 0.4) is 0 Å². The van der Waals surface area contributed by atoms with Crippen LogP contribution in [0.4, 0.5) is 0 Å². The van der Waals surface area contributed by atoms with Gasteiger partial charge in [-0.3, -0.25) is 0 Å². The van der Waals surface area contributed by atoms with Gasteiger partial charge in [0.2, 0.25) is 10.0 Å². The minimum Gasteiger partial charge on any atom is -0.545 e. The maximum Gasteiger partial charge on any atom is 0.242 e. The Labute approximate surface area is 156 Å². The Morgan fingerprint density at radius 2 is 1.76 bits per heavy atom. The third-order valence-corrected chi connectivity index (χ3v) is 6.28. The highest BCUT2D eigenvalue weighted by atomic mass is 35.5. The molecule has 2 aromatic carbocycles. The zero-order chi connectivity index (χ0) is 18.8. The monoisotopic (exact) mass is 398 g/mol. The summed E-state index contributed by atoms with van der Waals surface area (Å²) < 4.78 is 28.0. The number of rotatable bonds is 5. The fourth-order valence-electron chi connectivity index (χ4n) is 2.08. The summed E-state index contributed by atoms with van der Waals surface area (Å²) >= 11 is 7.02. The molecule has 0 amide bonds. The number of halogens is 1. The van der Waals surface area contributed by atoms with E-state index in [9.17, 15) is 18.3 Å². The number of nitrogens with one attached hydrogen (secondary N) is 1. The molecule has 1 N–H and O–H groups in total. The maximum atomic E-state index is 12.7. The predicted octanol–water partition coefficient (Wildman–Crippen LogP) is 2.93. The molecule has 0 saturated carbocycles. The molecule has 0 heterocycles. The topological polar surface area (TPSA) is 86.3 Å². The summed E-state index contributed by atoms with van der Waals surface area (Å²) in [5.74, 6) is -1.33. The molecule has 0 aliphatic carbocycles. The van der Waals surface area contributed by atoms with Crippen molar-refractivity contribution in [2.45, 2.75) is 41.0 Å². The van der Waals surface area contributed by atoms with Crippen LogP contribution >= 0.6 is 23.4 Å². The third kappa shape index (κ3) is 5.22. The van der Waals surface area contributed by atoms with Gasteiger partial charge in [-0.2, -0.15) is 0 Å². The fraction of sp³-hybridized carbons (Fsp3) is 0.235. The van der Waals surface area contributed by atoms with Crippen molar-refractivity contribution >= 4 is 39.4 Å². The molecule has 134 valence electrons. The van der Waals surface area contributed by atoms with Gasteiger partial charge in [-0.05, 0) is 45.0 Å². The van der Waals surface area contributed by atoms with Gasteiger partial charge in [0.15, 0.2) is 0 Å². The molecule has 0 fully saturated rings. The number of sulfonamides is 1. The zero-order valence-corrected chi connectivity index (χ0v) is 16.3. The van der Waals surface area contributed by atoms with E-state index >= 15 is 0 Å². The summed E-state index contributed by atoms with van der Waals surface area (Å²) in [6, 6.07) is 10.6. The van der Waals surface area contributed by atoms with Crippen molar-refractivity contribution in [3.63, 3.8) is 0 Å². The minimum absolute atomic E-state index is 0.0143. The Morgan fingerprint density at radius 1 is 1.12 bits per heavy atom. The van der Waals surface area contributed by atoms with Crippen LogP contribution in [-0.4, -0.2) is 19.9 Å². The van der Waals surface area contributed by atoms with E-state index in [0.717, 1.165) is 11.8 Å². The Morgan fingerprint density at radius 3 is 2.36 bits per heavy atom. The molecule has 5 nitrogen and oxygen atoms in total. The average molecular weight is 399 g/mol. The molecule has 0 aromatic heterocycles. The highest BCUT2D eigenvalue weighted by Crippen LogP contribution is 2.36. The molecule has 0 aliphatic rings. The number of carbonyl (C=O) groups excluding carboxylic acids is 1. The van der Waals surface area contributed by atoms with E-state index in [1.165, 1.54) is 24.3 Å². The largest absolute Gasteiger partial charge is 0.545 e. The Bertz CT molecular complexity index is 905. The second-order valence-corrected chi connectivity index (χ2v) is 9.50. The molecule has 0 atom stereocenters. The van der Waals surface area contributed by atoms with Crippen LogP contribution in [-0.2, 0) is 10.0 Å². The van der Waals surface area contributed by atoms with Gasteiger partial charge in [-0.15, -0.1) is 0 Å². The number of benzene rings is 2. The number of hydrogen-bond donors (Lipinski definition) is 1. The van der Waals surface area contributed by atoms with Crippen LogP contribution in [0.15, 0.2) is 57.2 Å². The third-order valence-electron chi connectivity index (χ3n) is 2.96. The summed E-state index contributed by atoms with van der Waals surface area (Å²) in [4.78, 5) is 12.0. The SMILES string of the molecule is CC(C)(C)NS(=O)(=O)c1ccc(Cl)cc1Sc1ccccc1C(=O)[O-]. The molecular formula is C17H17ClNO4S2-. The summed E-state index contributed by atoms with van der Waals surface area (Å²) in [6.07, 6.45) is 0. The molecule has 2 aromatic rings. The first-order valence-electron chi connectivity index (χ1n) is 7.31. The first-order chi connectivity index (χ1) is 11.5. The number of carboxylic acid groups (broad SMARTS) is 1. The minimum atomic E-state index is -3.81. The van der Waals surface area contributed by atoms with Gasteiger partial charge in [0.05, 0.1) is 10.9 Å². The Hall–Kier alpha value is -1.54. The van der Waals surface area contributed by atoms with Gasteiger partial charge in [-0.25, -0.2) is 13.1 Å². The lowest BCUT2D eigenvalue weighted by Crippen LogP contribution is -2.40. The number of hydrogen-bond acceptors (Lipinski definition) is 5. The first-order valence-corrected chi connectivity index (χ1v) is 9.99. The summed E-state index contributed by atoms with van der Waals surface area (Å²) in [6.45, 7) is 5.20. The molecule has 0 aliphatic heterocycles. The van der Waals surface area contributed by atoms with Crippen LogP contribution in [0, 0.1) is 0 Å². The van der Waals surface area contributed by atoms with E-state index in [1.54, 1.807) is 39.0 Å². The van der Waals surface area contributed by atoms with E-state index in [2.05, 4.69) is 4.72 Å². The Kier molecular flexibility index (Phi) is 5.83. The van der Waals surface area contributed by atoms with Gasteiger partial charge in [-0.1, -0.05) is 41.6 Å². The van der Waals surface area contributed by atoms with Gasteiger partial charge in [0.25, 0.3) is 0 Å². The van der Waals surface area contributed by atoms with Crippen molar-refractivity contribution in [1.82, 2.24) is 4.72 Å². The quantitative estimate of drug-likeness (QED) is 0.836. The van der Waals surface area contributed by atoms with Crippen LogP contribution in [0.1, 0.15) is 31.1 Å². The smallest absolute Gasteiger partial charge is 0.242 e. The molecule has 0 saturated heterocycles. The van der Waals surface area contributed by atoms with Gasteiger partial charge in [0, 0.05) is 25.9 Å². The molecule has 0 spiro atoms. The van der Waals surface area contributed by atoms with E-state index in [1.807, 2.05) is 0 Å². The summed E-state index contributed by atoms with van der Waals surface area (Å²) in [5, 5.41) is 11.6. The van der Waals surface area contributed by atoms with Crippen LogP contribution in [0.2, 0.25) is 5.02 Å². The first kappa shape index (κ1) is 19.8. The van der Waals surface area contributed by atoms with Crippen molar-refractivity contribution in [3.05, 3.63) is 53.1 Å². The lowest BCUT2D eigenvalue weighted by molar-refractivity contribution is -0.255. The van der Waals surface area contributed by atoms with Crippen molar-refractivity contribution in [1.29, 1.82) is 0 Å². The van der Waals surface area contributed by atoms with Crippen LogP contribution in [0.25, 0.3) is 0 Å². The van der Waals surface area contributed by atoms with Crippen molar-refractivity contribution in [2.75, 3.05) is 0 Å². The van der Waals surface area contributed by atoms with Crippen molar-refractivity contribution in [2.24, 2.45) is 0 Å². The lowest BCUT2D eigenvalue weighted by atomic mass is 10.1. The number of aromatic carboxylic acids is 1.